The van der Waals surface area contributed by atoms with E-state index in [1.165, 1.54) is 6.07 Å². The van der Waals surface area contributed by atoms with Gasteiger partial charge in [0.1, 0.15) is 22.9 Å². The highest BCUT2D eigenvalue weighted by molar-refractivity contribution is 6.06. The van der Waals surface area contributed by atoms with Gasteiger partial charge in [0.05, 0.1) is 12.8 Å². The molecule has 1 aliphatic rings. The van der Waals surface area contributed by atoms with Crippen molar-refractivity contribution in [1.82, 2.24) is 5.32 Å². The Hall–Kier alpha value is -3.48. The second-order valence-electron chi connectivity index (χ2n) is 6.84. The molecule has 0 fully saturated rings. The molecule has 2 aromatic carbocycles. The molecule has 0 bridgehead atoms. The van der Waals surface area contributed by atoms with E-state index in [9.17, 15) is 13.6 Å². The molecule has 0 saturated carbocycles. The van der Waals surface area contributed by atoms with Crippen molar-refractivity contribution in [3.8, 4) is 5.75 Å². The summed E-state index contributed by atoms with van der Waals surface area (Å²) in [5.74, 6) is -2.42. The summed E-state index contributed by atoms with van der Waals surface area (Å²) in [7, 11) is 1.62. The van der Waals surface area contributed by atoms with E-state index in [1.54, 1.807) is 13.2 Å². The molecule has 3 N–H and O–H groups in total. The molecule has 2 aromatic rings. The highest BCUT2D eigenvalue weighted by Crippen LogP contribution is 2.32. The predicted molar refractivity (Wildman–Crippen MR) is 113 cm³/mol. The first-order chi connectivity index (χ1) is 14.4. The van der Waals surface area contributed by atoms with Crippen LogP contribution in [0.1, 0.15) is 40.7 Å². The number of carbonyl (C=O) groups excluding carboxylic acids is 1. The maximum absolute atomic E-state index is 13.8. The molecule has 1 aliphatic carbocycles. The number of nitrogens with zero attached hydrogens (tertiary/aromatic N) is 1. The second-order valence-corrected chi connectivity index (χ2v) is 6.84. The SMILES string of the molecule is C=C/C1=C(\N=C(/N)NC(=O)c2c(F)cccc2F)CCCCc2cc(OC)ccc21. The number of hydrogen-bond acceptors (Lipinski definition) is 3. The zero-order valence-electron chi connectivity index (χ0n) is 16.7. The number of halogens is 2. The van der Waals surface area contributed by atoms with Crippen LogP contribution < -0.4 is 15.8 Å². The summed E-state index contributed by atoms with van der Waals surface area (Å²) >= 11 is 0. The van der Waals surface area contributed by atoms with Crippen molar-refractivity contribution >= 4 is 17.4 Å². The number of benzene rings is 2. The Bertz CT molecular complexity index is 1020. The number of methoxy groups -OCH3 is 1. The van der Waals surface area contributed by atoms with Crippen LogP contribution in [-0.4, -0.2) is 19.0 Å². The van der Waals surface area contributed by atoms with Crippen molar-refractivity contribution in [2.45, 2.75) is 25.7 Å². The van der Waals surface area contributed by atoms with Crippen LogP contribution in [0.5, 0.6) is 5.75 Å². The Balaban J connectivity index is 1.96. The highest BCUT2D eigenvalue weighted by Gasteiger charge is 2.19. The number of rotatable bonds is 4. The number of aliphatic imine (C=N–C) groups is 1. The van der Waals surface area contributed by atoms with Gasteiger partial charge in [0.25, 0.3) is 5.91 Å². The lowest BCUT2D eigenvalue weighted by Crippen LogP contribution is -2.37. The van der Waals surface area contributed by atoms with Gasteiger partial charge in [0, 0.05) is 5.57 Å². The fourth-order valence-corrected chi connectivity index (χ4v) is 3.48. The molecule has 0 atom stereocenters. The molecule has 5 nitrogen and oxygen atoms in total. The van der Waals surface area contributed by atoms with Crippen LogP contribution in [0.15, 0.2) is 59.7 Å². The molecular weight excluding hydrogens is 388 g/mol. The van der Waals surface area contributed by atoms with E-state index < -0.39 is 23.1 Å². The van der Waals surface area contributed by atoms with Gasteiger partial charge in [-0.05, 0) is 61.1 Å². The van der Waals surface area contributed by atoms with E-state index in [2.05, 4.69) is 16.9 Å². The van der Waals surface area contributed by atoms with E-state index >= 15 is 0 Å². The van der Waals surface area contributed by atoms with Crippen molar-refractivity contribution < 1.29 is 18.3 Å². The van der Waals surface area contributed by atoms with Crippen LogP contribution in [0.4, 0.5) is 8.78 Å². The van der Waals surface area contributed by atoms with E-state index in [0.29, 0.717) is 12.1 Å². The third-order valence-corrected chi connectivity index (χ3v) is 4.91. The third kappa shape index (κ3) is 4.56. The maximum Gasteiger partial charge on any atom is 0.263 e. The fourth-order valence-electron chi connectivity index (χ4n) is 3.48. The molecule has 0 saturated heterocycles. The Morgan fingerprint density at radius 3 is 2.57 bits per heavy atom. The third-order valence-electron chi connectivity index (χ3n) is 4.91. The van der Waals surface area contributed by atoms with Crippen molar-refractivity contribution in [3.63, 3.8) is 0 Å². The van der Waals surface area contributed by atoms with E-state index in [-0.39, 0.29) is 5.96 Å². The van der Waals surface area contributed by atoms with Gasteiger partial charge < -0.3 is 10.5 Å². The normalized spacial score (nSPS) is 16.8. The number of aryl methyl sites for hydroxylation is 1. The Labute approximate surface area is 174 Å². The molecule has 0 heterocycles. The zero-order valence-corrected chi connectivity index (χ0v) is 16.7. The summed E-state index contributed by atoms with van der Waals surface area (Å²) in [6, 6.07) is 8.97. The number of nitrogens with two attached hydrogens (primary N) is 1. The number of ether oxygens (including phenoxy) is 1. The van der Waals surface area contributed by atoms with Gasteiger partial charge in [-0.1, -0.05) is 24.8 Å². The molecule has 0 aromatic heterocycles. The van der Waals surface area contributed by atoms with Crippen molar-refractivity contribution in [1.29, 1.82) is 0 Å². The summed E-state index contributed by atoms with van der Waals surface area (Å²) in [4.78, 5) is 16.6. The second kappa shape index (κ2) is 9.35. The van der Waals surface area contributed by atoms with E-state index in [4.69, 9.17) is 10.5 Å². The maximum atomic E-state index is 13.8. The number of nitrogens with one attached hydrogen (secondary N) is 1. The summed E-state index contributed by atoms with van der Waals surface area (Å²) in [6.45, 7) is 3.90. The standard InChI is InChI=1S/C23H23F2N3O2/c1-3-16-17-12-11-15(30-2)13-14(17)7-4-5-10-20(16)27-23(26)28-22(29)21-18(24)8-6-9-19(21)25/h3,6,8-9,11-13H,1,4-5,7,10H2,2H3,(H3,26,27,28,29)/b20-16+. The number of carbonyl (C=O) groups is 1. The number of allylic oxidation sites excluding steroid dienone is 3. The van der Waals surface area contributed by atoms with Gasteiger partial charge in [0.2, 0.25) is 5.96 Å². The molecule has 7 heteroatoms. The molecule has 156 valence electrons. The minimum atomic E-state index is -0.997. The van der Waals surface area contributed by atoms with Crippen LogP contribution in [0, 0.1) is 11.6 Å². The smallest absolute Gasteiger partial charge is 0.263 e. The van der Waals surface area contributed by atoms with Crippen LogP contribution >= 0.6 is 0 Å². The number of amides is 1. The molecule has 30 heavy (non-hydrogen) atoms. The van der Waals surface area contributed by atoms with Crippen LogP contribution in [0.3, 0.4) is 0 Å². The summed E-state index contributed by atoms with van der Waals surface area (Å²) in [5.41, 5.74) is 8.70. The Morgan fingerprint density at radius 2 is 1.90 bits per heavy atom. The topological polar surface area (TPSA) is 76.7 Å². The molecule has 3 rings (SSSR count). The summed E-state index contributed by atoms with van der Waals surface area (Å²) < 4.78 is 33.0. The zero-order chi connectivity index (χ0) is 21.7. The van der Waals surface area contributed by atoms with E-state index in [1.807, 2.05) is 18.2 Å². The number of fused-ring (bicyclic) bond motifs is 1. The summed E-state index contributed by atoms with van der Waals surface area (Å²) in [5, 5.41) is 2.27. The van der Waals surface area contributed by atoms with Gasteiger partial charge in [0.15, 0.2) is 0 Å². The van der Waals surface area contributed by atoms with Crippen molar-refractivity contribution in [2.24, 2.45) is 10.7 Å². The lowest BCUT2D eigenvalue weighted by molar-refractivity contribution is 0.0968. The Morgan fingerprint density at radius 1 is 1.20 bits per heavy atom. The van der Waals surface area contributed by atoms with Crippen molar-refractivity contribution in [2.75, 3.05) is 7.11 Å². The first-order valence-corrected chi connectivity index (χ1v) is 9.57. The molecule has 1 amide bonds. The van der Waals surface area contributed by atoms with Gasteiger partial charge in [-0.2, -0.15) is 0 Å². The molecule has 0 radical (unpaired) electrons. The Kier molecular flexibility index (Phi) is 6.61. The predicted octanol–water partition coefficient (Wildman–Crippen LogP) is 4.34. The fraction of sp³-hybridized carbons (Fsp3) is 0.217. The first-order valence-electron chi connectivity index (χ1n) is 9.57. The van der Waals surface area contributed by atoms with Crippen LogP contribution in [-0.2, 0) is 6.42 Å². The van der Waals surface area contributed by atoms with Crippen LogP contribution in [0.25, 0.3) is 5.57 Å². The lowest BCUT2D eigenvalue weighted by atomic mass is 9.90. The lowest BCUT2D eigenvalue weighted by Gasteiger charge is -2.18. The highest BCUT2D eigenvalue weighted by atomic mass is 19.1. The van der Waals surface area contributed by atoms with Gasteiger partial charge in [-0.25, -0.2) is 13.8 Å². The quantitative estimate of drug-likeness (QED) is 0.580. The minimum absolute atomic E-state index is 0.243. The van der Waals surface area contributed by atoms with Gasteiger partial charge >= 0.3 is 0 Å². The van der Waals surface area contributed by atoms with Gasteiger partial charge in [-0.3, -0.25) is 10.1 Å². The molecule has 0 aliphatic heterocycles. The van der Waals surface area contributed by atoms with Crippen molar-refractivity contribution in [3.05, 3.63) is 83.1 Å². The number of hydrogen-bond donors (Lipinski definition) is 2. The largest absolute Gasteiger partial charge is 0.497 e. The average Bonchev–Trinajstić information content (AvgIpc) is 2.70. The monoisotopic (exact) mass is 411 g/mol. The van der Waals surface area contributed by atoms with Crippen LogP contribution in [0.2, 0.25) is 0 Å². The average molecular weight is 411 g/mol. The minimum Gasteiger partial charge on any atom is -0.497 e. The molecular formula is C23H23F2N3O2. The summed E-state index contributed by atoms with van der Waals surface area (Å²) in [6.07, 6.45) is 5.00. The molecule has 0 unspecified atom stereocenters. The van der Waals surface area contributed by atoms with Gasteiger partial charge in [-0.15, -0.1) is 0 Å². The van der Waals surface area contributed by atoms with E-state index in [0.717, 1.165) is 53.8 Å². The first kappa shape index (κ1) is 21.2. The molecule has 0 spiro atoms. The number of guanidine groups is 1.